The van der Waals surface area contributed by atoms with Crippen molar-refractivity contribution < 1.29 is 22.5 Å². The van der Waals surface area contributed by atoms with Crippen molar-refractivity contribution in [2.24, 2.45) is 0 Å². The van der Waals surface area contributed by atoms with Crippen molar-refractivity contribution in [3.63, 3.8) is 0 Å². The van der Waals surface area contributed by atoms with E-state index >= 15 is 0 Å². The van der Waals surface area contributed by atoms with Crippen LogP contribution in [-0.4, -0.2) is 75.5 Å². The van der Waals surface area contributed by atoms with Gasteiger partial charge in [0.2, 0.25) is 15.8 Å². The highest BCUT2D eigenvalue weighted by Gasteiger charge is 2.29. The van der Waals surface area contributed by atoms with E-state index in [2.05, 4.69) is 10.5 Å². The van der Waals surface area contributed by atoms with Crippen molar-refractivity contribution in [1.29, 1.82) is 0 Å². The largest absolute Gasteiger partial charge is 0.378 e. The summed E-state index contributed by atoms with van der Waals surface area (Å²) in [6, 6.07) is 1.57. The van der Waals surface area contributed by atoms with Crippen LogP contribution in [0.2, 0.25) is 0 Å². The molecule has 1 aromatic heterocycles. The summed E-state index contributed by atoms with van der Waals surface area (Å²) >= 11 is 0. The first-order valence-corrected chi connectivity index (χ1v) is 10.8. The van der Waals surface area contributed by atoms with Crippen molar-refractivity contribution in [2.75, 3.05) is 50.5 Å². The number of piperidine rings is 1. The topological polar surface area (TPSA) is 105 Å². The predicted molar refractivity (Wildman–Crippen MR) is 95.7 cm³/mol. The molecule has 0 bridgehead atoms. The Hall–Kier alpha value is -1.65. The second kappa shape index (κ2) is 8.36. The fourth-order valence-electron chi connectivity index (χ4n) is 3.45. The van der Waals surface area contributed by atoms with Gasteiger partial charge in [-0.25, -0.2) is 8.42 Å². The number of ether oxygens (including phenoxy) is 1. The lowest BCUT2D eigenvalue weighted by Crippen LogP contribution is -2.44. The molecule has 0 radical (unpaired) electrons. The molecule has 0 aromatic carbocycles. The van der Waals surface area contributed by atoms with Crippen molar-refractivity contribution in [3.05, 3.63) is 11.8 Å². The van der Waals surface area contributed by atoms with Gasteiger partial charge < -0.3 is 19.5 Å². The highest BCUT2D eigenvalue weighted by atomic mass is 32.2. The molecule has 1 atom stereocenters. The number of morpholine rings is 1. The minimum absolute atomic E-state index is 0.0577. The van der Waals surface area contributed by atoms with E-state index in [1.54, 1.807) is 10.4 Å². The third-order valence-corrected chi connectivity index (χ3v) is 6.15. The summed E-state index contributed by atoms with van der Waals surface area (Å²) in [6.07, 6.45) is 4.55. The molecule has 2 saturated heterocycles. The summed E-state index contributed by atoms with van der Waals surface area (Å²) in [5.41, 5.74) is 0. The van der Waals surface area contributed by atoms with E-state index < -0.39 is 10.0 Å². The molecule has 26 heavy (non-hydrogen) atoms. The zero-order chi connectivity index (χ0) is 18.6. The van der Waals surface area contributed by atoms with Crippen LogP contribution in [0, 0.1) is 0 Å². The van der Waals surface area contributed by atoms with Crippen LogP contribution >= 0.6 is 0 Å². The Kier molecular flexibility index (Phi) is 6.15. The molecule has 0 aliphatic carbocycles. The number of carbonyl (C=O) groups excluding carboxylic acids is 1. The van der Waals surface area contributed by atoms with Crippen LogP contribution in [0.25, 0.3) is 0 Å². The molecular formula is C16H26N4O5S. The van der Waals surface area contributed by atoms with E-state index in [-0.39, 0.29) is 17.7 Å². The van der Waals surface area contributed by atoms with Crippen molar-refractivity contribution in [2.45, 2.75) is 31.7 Å². The average molecular weight is 386 g/mol. The molecule has 9 nitrogen and oxygen atoms in total. The molecule has 1 amide bonds. The molecule has 3 rings (SSSR count). The van der Waals surface area contributed by atoms with Crippen LogP contribution in [0.5, 0.6) is 0 Å². The fraction of sp³-hybridized carbons (Fsp3) is 0.750. The molecule has 2 fully saturated rings. The summed E-state index contributed by atoms with van der Waals surface area (Å²) in [4.78, 5) is 14.3. The van der Waals surface area contributed by atoms with Crippen LogP contribution in [0.15, 0.2) is 10.6 Å². The second-order valence-corrected chi connectivity index (χ2v) is 8.65. The number of nitrogens with zero attached hydrogens (tertiary/aromatic N) is 3. The predicted octanol–water partition coefficient (Wildman–Crippen LogP) is 0.445. The number of amides is 1. The highest BCUT2D eigenvalue weighted by Crippen LogP contribution is 2.22. The van der Waals surface area contributed by atoms with E-state index in [4.69, 9.17) is 9.26 Å². The minimum atomic E-state index is -3.21. The van der Waals surface area contributed by atoms with Crippen LogP contribution in [0.3, 0.4) is 0 Å². The lowest BCUT2D eigenvalue weighted by atomic mass is 10.0. The number of nitrogens with one attached hydrogen (secondary N) is 1. The molecule has 2 aliphatic heterocycles. The van der Waals surface area contributed by atoms with Crippen LogP contribution in [-0.2, 0) is 14.8 Å². The number of rotatable bonds is 6. The SMILES string of the molecule is CS(=O)(=O)N1CCCCC1CCNC(=O)c1cc(N2CCOCC2)no1. The van der Waals surface area contributed by atoms with Gasteiger partial charge in [-0.05, 0) is 19.3 Å². The van der Waals surface area contributed by atoms with Gasteiger partial charge in [-0.1, -0.05) is 11.6 Å². The molecule has 10 heteroatoms. The first-order valence-electron chi connectivity index (χ1n) is 8.99. The van der Waals surface area contributed by atoms with Gasteiger partial charge in [-0.3, -0.25) is 4.79 Å². The summed E-state index contributed by atoms with van der Waals surface area (Å²) in [6.45, 7) is 3.65. The Morgan fingerprint density at radius 1 is 1.31 bits per heavy atom. The van der Waals surface area contributed by atoms with E-state index in [1.807, 2.05) is 4.90 Å². The van der Waals surface area contributed by atoms with E-state index in [0.717, 1.165) is 32.4 Å². The Morgan fingerprint density at radius 3 is 2.81 bits per heavy atom. The zero-order valence-corrected chi connectivity index (χ0v) is 15.8. The van der Waals surface area contributed by atoms with E-state index in [9.17, 15) is 13.2 Å². The second-order valence-electron chi connectivity index (χ2n) is 6.72. The molecule has 0 saturated carbocycles. The molecule has 0 spiro atoms. The lowest BCUT2D eigenvalue weighted by molar-refractivity contribution is 0.0912. The lowest BCUT2D eigenvalue weighted by Gasteiger charge is -2.33. The Bertz CT molecular complexity index is 714. The van der Waals surface area contributed by atoms with Gasteiger partial charge in [-0.15, -0.1) is 0 Å². The Labute approximate surface area is 153 Å². The number of aromatic nitrogens is 1. The number of anilines is 1. The summed E-state index contributed by atoms with van der Waals surface area (Å²) in [7, 11) is -3.21. The van der Waals surface area contributed by atoms with Gasteiger partial charge in [0.15, 0.2) is 5.82 Å². The molecule has 1 N–H and O–H groups in total. The Morgan fingerprint density at radius 2 is 2.08 bits per heavy atom. The smallest absolute Gasteiger partial charge is 0.289 e. The maximum Gasteiger partial charge on any atom is 0.289 e. The maximum absolute atomic E-state index is 12.2. The average Bonchev–Trinajstić information content (AvgIpc) is 3.12. The standard InChI is InChI=1S/C16H26N4O5S/c1-26(22,23)20-7-3-2-4-13(20)5-6-17-16(21)14-12-15(18-25-14)19-8-10-24-11-9-19/h12-13H,2-11H2,1H3,(H,17,21). The molecule has 3 heterocycles. The molecular weight excluding hydrogens is 360 g/mol. The van der Waals surface area contributed by atoms with Gasteiger partial charge in [0.1, 0.15) is 0 Å². The number of hydrogen-bond donors (Lipinski definition) is 1. The third-order valence-electron chi connectivity index (χ3n) is 4.82. The number of sulfonamides is 1. The molecule has 1 aromatic rings. The third kappa shape index (κ3) is 4.74. The first kappa shape index (κ1) is 19.1. The van der Waals surface area contributed by atoms with Crippen LogP contribution in [0.4, 0.5) is 5.82 Å². The van der Waals surface area contributed by atoms with E-state index in [0.29, 0.717) is 38.5 Å². The molecule has 2 aliphatic rings. The maximum atomic E-state index is 12.2. The van der Waals surface area contributed by atoms with Crippen molar-refractivity contribution in [1.82, 2.24) is 14.8 Å². The fourth-order valence-corrected chi connectivity index (χ4v) is 4.67. The molecule has 146 valence electrons. The first-order chi connectivity index (χ1) is 12.4. The van der Waals surface area contributed by atoms with Crippen LogP contribution < -0.4 is 10.2 Å². The van der Waals surface area contributed by atoms with Crippen molar-refractivity contribution in [3.8, 4) is 0 Å². The summed E-state index contributed by atoms with van der Waals surface area (Å²) < 4.78 is 35.7. The zero-order valence-electron chi connectivity index (χ0n) is 15.0. The van der Waals surface area contributed by atoms with E-state index in [1.165, 1.54) is 6.26 Å². The van der Waals surface area contributed by atoms with Gasteiger partial charge >= 0.3 is 0 Å². The summed E-state index contributed by atoms with van der Waals surface area (Å²) in [5.74, 6) is 0.461. The number of hydrogen-bond acceptors (Lipinski definition) is 7. The van der Waals surface area contributed by atoms with Gasteiger partial charge in [-0.2, -0.15) is 4.31 Å². The van der Waals surface area contributed by atoms with Crippen LogP contribution in [0.1, 0.15) is 36.2 Å². The normalized spacial score (nSPS) is 22.3. The van der Waals surface area contributed by atoms with Gasteiger partial charge in [0, 0.05) is 38.3 Å². The summed E-state index contributed by atoms with van der Waals surface area (Å²) in [5, 5.41) is 6.75. The monoisotopic (exact) mass is 386 g/mol. The quantitative estimate of drug-likeness (QED) is 0.756. The molecule has 1 unspecified atom stereocenters. The van der Waals surface area contributed by atoms with Crippen molar-refractivity contribution >= 4 is 21.7 Å². The highest BCUT2D eigenvalue weighted by molar-refractivity contribution is 7.88. The Balaban J connectivity index is 1.50. The van der Waals surface area contributed by atoms with Gasteiger partial charge in [0.25, 0.3) is 5.91 Å². The van der Waals surface area contributed by atoms with Gasteiger partial charge in [0.05, 0.1) is 19.5 Å². The minimum Gasteiger partial charge on any atom is -0.378 e. The number of carbonyl (C=O) groups is 1.